The Morgan fingerprint density at radius 3 is 2.31 bits per heavy atom. The first-order valence-corrected chi connectivity index (χ1v) is 25.2. The number of aromatic hydroxyl groups is 1. The molecule has 2 bridgehead atoms. The highest BCUT2D eigenvalue weighted by molar-refractivity contribution is 6.90. The molecule has 4 saturated heterocycles. The second-order valence-corrected chi connectivity index (χ2v) is 26.0. The van der Waals surface area contributed by atoms with Gasteiger partial charge in [0.2, 0.25) is 0 Å². The molecule has 15 heteroatoms. The molecule has 1 N–H and O–H groups in total. The first-order valence-electron chi connectivity index (χ1n) is 22.9. The molecule has 0 spiro atoms. The smallest absolute Gasteiger partial charge is 0.410 e. The van der Waals surface area contributed by atoms with Crippen LogP contribution in [0.1, 0.15) is 106 Å². The van der Waals surface area contributed by atoms with Crippen molar-refractivity contribution in [3.63, 3.8) is 0 Å². The second-order valence-electron chi connectivity index (χ2n) is 20.4. The third-order valence-electron chi connectivity index (χ3n) is 14.3. The molecule has 4 aliphatic heterocycles. The number of phenolic OH excluding ortho intramolecular Hbond substituents is 1. The lowest BCUT2D eigenvalue weighted by Crippen LogP contribution is -2.57. The number of carbonyl (C=O) groups is 1. The topological polar surface area (TPSA) is 113 Å². The number of benzene rings is 2. The maximum absolute atomic E-state index is 18.0. The maximum Gasteiger partial charge on any atom is 0.410 e. The number of piperazine rings is 1. The van der Waals surface area contributed by atoms with Gasteiger partial charge >= 0.3 is 12.1 Å². The molecule has 4 atom stereocenters. The molecular formula is C49H63F3N6O5Si. The standard InChI is InChI=1S/C49H63F3N6O5Si/c1-28(2)64(29(3)4,30(5)6)19-16-36-38(51)15-12-31-20-35(59)21-37(40(31)36)43-42(52)44-41(39(53-43)26-61-10)45(55-46(54-44)62-27-49-17-11-18-57(49)23-32(50)22-49)56-24-33-13-14-34(25-56)58(33)47(60)63-48(7,8)9/h12,15,20-21,28-30,32-34,59H,11,13-14,17-18,22-27H2,1-10H3/t32-,33?,34?,49+/m1/s1. The summed E-state index contributed by atoms with van der Waals surface area (Å²) in [6.07, 6.45) is 2.14. The van der Waals surface area contributed by atoms with Crippen LogP contribution in [-0.2, 0) is 16.1 Å². The van der Waals surface area contributed by atoms with Gasteiger partial charge in [-0.1, -0.05) is 53.5 Å². The molecule has 8 rings (SSSR count). The average molecular weight is 901 g/mol. The number of aromatic nitrogens is 3. The molecule has 11 nitrogen and oxygen atoms in total. The largest absolute Gasteiger partial charge is 0.508 e. The fourth-order valence-electron chi connectivity index (χ4n) is 11.6. The molecule has 6 heterocycles. The van der Waals surface area contributed by atoms with Crippen molar-refractivity contribution in [1.82, 2.24) is 24.8 Å². The molecule has 2 aromatic carbocycles. The minimum atomic E-state index is -2.35. The third kappa shape index (κ3) is 8.16. The molecule has 0 aliphatic carbocycles. The molecule has 0 saturated carbocycles. The zero-order chi connectivity index (χ0) is 46.0. The lowest BCUT2D eigenvalue weighted by molar-refractivity contribution is 0.0122. The number of nitrogens with zero attached hydrogens (tertiary/aromatic N) is 6. The summed E-state index contributed by atoms with van der Waals surface area (Å²) in [6, 6.07) is 5.32. The van der Waals surface area contributed by atoms with Crippen LogP contribution in [0.15, 0.2) is 24.3 Å². The van der Waals surface area contributed by atoms with E-state index in [0.29, 0.717) is 53.7 Å². The molecule has 2 aromatic heterocycles. The minimum absolute atomic E-state index is 0.0654. The Hall–Kier alpha value is -4.65. The Labute approximate surface area is 376 Å². The first-order chi connectivity index (χ1) is 30.3. The number of phenols is 1. The summed E-state index contributed by atoms with van der Waals surface area (Å²) in [5, 5.41) is 12.3. The molecule has 4 aliphatic rings. The van der Waals surface area contributed by atoms with E-state index < -0.39 is 37.0 Å². The number of fused-ring (bicyclic) bond motifs is 5. The van der Waals surface area contributed by atoms with Crippen molar-refractivity contribution in [3.05, 3.63) is 47.2 Å². The van der Waals surface area contributed by atoms with Crippen molar-refractivity contribution in [3.8, 4) is 34.5 Å². The maximum atomic E-state index is 18.0. The van der Waals surface area contributed by atoms with E-state index in [1.165, 1.54) is 25.3 Å². The van der Waals surface area contributed by atoms with Gasteiger partial charge in [0, 0.05) is 44.1 Å². The minimum Gasteiger partial charge on any atom is -0.508 e. The van der Waals surface area contributed by atoms with Crippen molar-refractivity contribution in [2.75, 3.05) is 44.8 Å². The van der Waals surface area contributed by atoms with Gasteiger partial charge in [-0.25, -0.2) is 22.9 Å². The Bertz CT molecular complexity index is 2490. The molecule has 2 unspecified atom stereocenters. The zero-order valence-electron chi connectivity index (χ0n) is 38.9. The lowest BCUT2D eigenvalue weighted by Gasteiger charge is -2.42. The number of hydrogen-bond donors (Lipinski definition) is 1. The molecule has 0 radical (unpaired) electrons. The van der Waals surface area contributed by atoms with Crippen LogP contribution < -0.4 is 9.64 Å². The van der Waals surface area contributed by atoms with Crippen LogP contribution in [0, 0.1) is 23.1 Å². The number of carbonyl (C=O) groups excluding carboxylic acids is 1. The van der Waals surface area contributed by atoms with E-state index in [9.17, 15) is 14.3 Å². The summed E-state index contributed by atoms with van der Waals surface area (Å²) in [7, 11) is -0.837. The van der Waals surface area contributed by atoms with Gasteiger partial charge in [0.15, 0.2) is 5.82 Å². The molecule has 64 heavy (non-hydrogen) atoms. The Morgan fingerprint density at radius 1 is 0.984 bits per heavy atom. The third-order valence-corrected chi connectivity index (χ3v) is 20.6. The van der Waals surface area contributed by atoms with E-state index in [2.05, 4.69) is 57.9 Å². The van der Waals surface area contributed by atoms with Gasteiger partial charge in [0.1, 0.15) is 55.0 Å². The summed E-state index contributed by atoms with van der Waals surface area (Å²) in [6.45, 7) is 20.6. The van der Waals surface area contributed by atoms with Gasteiger partial charge in [-0.15, -0.1) is 5.54 Å². The van der Waals surface area contributed by atoms with Crippen LogP contribution in [0.5, 0.6) is 11.8 Å². The SMILES string of the molecule is COCc1nc(-c2cc(O)cc3ccc(F)c(C#C[Si](C(C)C)(C(C)C)C(C)C)c23)c(F)c2nc(OC[C@@]34CCCN3C[C@H](F)C4)nc(N3CC4CCC(C3)N4C(=O)OC(C)(C)C)c12. The van der Waals surface area contributed by atoms with E-state index in [1.54, 1.807) is 6.07 Å². The Balaban J connectivity index is 1.32. The average Bonchev–Trinajstić information content (AvgIpc) is 3.84. The van der Waals surface area contributed by atoms with Gasteiger partial charge in [-0.2, -0.15) is 9.97 Å². The number of hydrogen-bond acceptors (Lipinski definition) is 10. The van der Waals surface area contributed by atoms with Crippen LogP contribution >= 0.6 is 0 Å². The summed E-state index contributed by atoms with van der Waals surface area (Å²) < 4.78 is 67.2. The summed E-state index contributed by atoms with van der Waals surface area (Å²) in [4.78, 5) is 34.2. The highest BCUT2D eigenvalue weighted by Crippen LogP contribution is 2.45. The van der Waals surface area contributed by atoms with E-state index in [0.717, 1.165) is 32.2 Å². The molecule has 4 fully saturated rings. The Morgan fingerprint density at radius 2 is 1.67 bits per heavy atom. The second kappa shape index (κ2) is 17.3. The lowest BCUT2D eigenvalue weighted by atomic mass is 9.95. The van der Waals surface area contributed by atoms with Crippen molar-refractivity contribution >= 4 is 41.7 Å². The van der Waals surface area contributed by atoms with Crippen molar-refractivity contribution in [2.24, 2.45) is 0 Å². The van der Waals surface area contributed by atoms with Crippen molar-refractivity contribution < 1.29 is 37.3 Å². The Kier molecular flexibility index (Phi) is 12.4. The fraction of sp³-hybridized carbons (Fsp3) is 0.592. The number of rotatable bonds is 10. The first kappa shape index (κ1) is 45.9. The van der Waals surface area contributed by atoms with E-state index in [4.69, 9.17) is 29.2 Å². The quantitative estimate of drug-likeness (QED) is 0.122. The number of alkyl halides is 1. The zero-order valence-corrected chi connectivity index (χ0v) is 39.9. The molecule has 1 amide bonds. The van der Waals surface area contributed by atoms with E-state index >= 15 is 8.78 Å². The van der Waals surface area contributed by atoms with Gasteiger partial charge in [0.05, 0.1) is 40.9 Å². The van der Waals surface area contributed by atoms with Crippen LogP contribution in [-0.4, -0.2) is 113 Å². The normalized spacial score (nSPS) is 22.6. The van der Waals surface area contributed by atoms with Crippen molar-refractivity contribution in [2.45, 2.75) is 147 Å². The highest BCUT2D eigenvalue weighted by atomic mass is 28.3. The summed E-state index contributed by atoms with van der Waals surface area (Å²) in [5.74, 6) is 2.12. The van der Waals surface area contributed by atoms with Gasteiger partial charge in [0.25, 0.3) is 0 Å². The number of amides is 1. The monoisotopic (exact) mass is 900 g/mol. The number of ether oxygens (including phenoxy) is 3. The number of halogens is 3. The number of methoxy groups -OCH3 is 1. The van der Waals surface area contributed by atoms with E-state index in [-0.39, 0.29) is 82.1 Å². The van der Waals surface area contributed by atoms with Gasteiger partial charge in [-0.05, 0) is 93.2 Å². The van der Waals surface area contributed by atoms with Crippen molar-refractivity contribution in [1.29, 1.82) is 0 Å². The van der Waals surface area contributed by atoms with Crippen LogP contribution in [0.2, 0.25) is 16.6 Å². The van der Waals surface area contributed by atoms with Gasteiger partial charge in [-0.3, -0.25) is 9.80 Å². The highest BCUT2D eigenvalue weighted by Gasteiger charge is 2.50. The van der Waals surface area contributed by atoms with Crippen LogP contribution in [0.25, 0.3) is 32.9 Å². The number of pyridine rings is 1. The summed E-state index contributed by atoms with van der Waals surface area (Å²) >= 11 is 0. The fourth-order valence-corrected chi connectivity index (χ4v) is 16.8. The van der Waals surface area contributed by atoms with Gasteiger partial charge < -0.3 is 24.2 Å². The predicted octanol–water partition coefficient (Wildman–Crippen LogP) is 10.1. The molecular weight excluding hydrogens is 838 g/mol. The van der Waals surface area contributed by atoms with Crippen LogP contribution in [0.3, 0.4) is 0 Å². The summed E-state index contributed by atoms with van der Waals surface area (Å²) in [5.41, 5.74) is 3.59. The number of anilines is 1. The molecule has 4 aromatic rings. The predicted molar refractivity (Wildman–Crippen MR) is 246 cm³/mol. The molecule has 344 valence electrons. The van der Waals surface area contributed by atoms with Crippen LogP contribution in [0.4, 0.5) is 23.8 Å². The van der Waals surface area contributed by atoms with E-state index in [1.807, 2.05) is 30.6 Å².